The SMILES string of the molecule is CCCCc1nc(Cl)c(C(=O)O)n1C(c1ccccc1)c1ccccc1-c1nnn[nH]1. The van der Waals surface area contributed by atoms with Gasteiger partial charge in [-0.1, -0.05) is 79.5 Å². The Labute approximate surface area is 183 Å². The van der Waals surface area contributed by atoms with Crippen LogP contribution in [0.3, 0.4) is 0 Å². The van der Waals surface area contributed by atoms with Crippen molar-refractivity contribution in [3.05, 3.63) is 82.4 Å². The Morgan fingerprint density at radius 3 is 2.58 bits per heavy atom. The van der Waals surface area contributed by atoms with Gasteiger partial charge in [-0.2, -0.15) is 0 Å². The summed E-state index contributed by atoms with van der Waals surface area (Å²) >= 11 is 6.33. The molecular weight excluding hydrogens is 416 g/mol. The van der Waals surface area contributed by atoms with Gasteiger partial charge in [0.05, 0.1) is 6.04 Å². The van der Waals surface area contributed by atoms with Gasteiger partial charge in [-0.05, 0) is 28.0 Å². The largest absolute Gasteiger partial charge is 0.476 e. The number of unbranched alkanes of at least 4 members (excludes halogenated alkanes) is 1. The van der Waals surface area contributed by atoms with E-state index in [1.165, 1.54) is 0 Å². The number of tetrazole rings is 1. The van der Waals surface area contributed by atoms with Gasteiger partial charge in [0, 0.05) is 12.0 Å². The number of carbonyl (C=O) groups is 1. The first-order valence-electron chi connectivity index (χ1n) is 9.99. The van der Waals surface area contributed by atoms with Gasteiger partial charge in [0.25, 0.3) is 0 Å². The lowest BCUT2D eigenvalue weighted by Gasteiger charge is -2.25. The normalized spacial score (nSPS) is 12.1. The van der Waals surface area contributed by atoms with Crippen molar-refractivity contribution in [2.24, 2.45) is 0 Å². The number of aromatic carboxylic acids is 1. The molecule has 9 heteroatoms. The van der Waals surface area contributed by atoms with Crippen LogP contribution in [0.1, 0.15) is 53.2 Å². The van der Waals surface area contributed by atoms with Crippen molar-refractivity contribution in [2.75, 3.05) is 0 Å². The van der Waals surface area contributed by atoms with Gasteiger partial charge in [0.2, 0.25) is 0 Å². The number of nitrogens with zero attached hydrogens (tertiary/aromatic N) is 5. The minimum Gasteiger partial charge on any atom is -0.476 e. The highest BCUT2D eigenvalue weighted by Gasteiger charge is 2.30. The number of nitrogens with one attached hydrogen (secondary N) is 1. The van der Waals surface area contributed by atoms with Gasteiger partial charge in [0.15, 0.2) is 16.7 Å². The summed E-state index contributed by atoms with van der Waals surface area (Å²) in [6.45, 7) is 2.08. The van der Waals surface area contributed by atoms with E-state index < -0.39 is 12.0 Å². The van der Waals surface area contributed by atoms with Crippen molar-refractivity contribution in [2.45, 2.75) is 32.2 Å². The fourth-order valence-corrected chi connectivity index (χ4v) is 4.03. The number of carboxylic acids is 1. The van der Waals surface area contributed by atoms with Crippen LogP contribution in [0.25, 0.3) is 11.4 Å². The van der Waals surface area contributed by atoms with Gasteiger partial charge in [0.1, 0.15) is 5.82 Å². The van der Waals surface area contributed by atoms with E-state index in [9.17, 15) is 9.90 Å². The minimum absolute atomic E-state index is 0.0154. The molecule has 0 radical (unpaired) electrons. The van der Waals surface area contributed by atoms with E-state index in [0.717, 1.165) is 29.5 Å². The predicted molar refractivity (Wildman–Crippen MR) is 116 cm³/mol. The zero-order valence-corrected chi connectivity index (χ0v) is 17.6. The third-order valence-corrected chi connectivity index (χ3v) is 5.39. The number of aryl methyl sites for hydroxylation is 1. The van der Waals surface area contributed by atoms with Crippen molar-refractivity contribution in [1.29, 1.82) is 0 Å². The van der Waals surface area contributed by atoms with Crippen LogP contribution in [0.15, 0.2) is 54.6 Å². The second-order valence-corrected chi connectivity index (χ2v) is 7.45. The predicted octanol–water partition coefficient (Wildman–Crippen LogP) is 4.40. The molecule has 4 aromatic rings. The first-order valence-corrected chi connectivity index (χ1v) is 10.4. The third-order valence-electron chi connectivity index (χ3n) is 5.13. The lowest BCUT2D eigenvalue weighted by atomic mass is 9.93. The maximum Gasteiger partial charge on any atom is 0.355 e. The molecule has 1 atom stereocenters. The third kappa shape index (κ3) is 4.06. The van der Waals surface area contributed by atoms with E-state index in [1.807, 2.05) is 54.6 Å². The van der Waals surface area contributed by atoms with Gasteiger partial charge in [-0.15, -0.1) is 5.10 Å². The molecule has 158 valence electrons. The molecule has 0 bridgehead atoms. The fraction of sp³-hybridized carbons (Fsp3) is 0.227. The average Bonchev–Trinajstić information content (AvgIpc) is 3.42. The van der Waals surface area contributed by atoms with Crippen molar-refractivity contribution in [3.63, 3.8) is 0 Å². The van der Waals surface area contributed by atoms with Gasteiger partial charge >= 0.3 is 5.97 Å². The highest BCUT2D eigenvalue weighted by Crippen LogP contribution is 2.36. The summed E-state index contributed by atoms with van der Waals surface area (Å²) in [6.07, 6.45) is 2.42. The van der Waals surface area contributed by atoms with Crippen LogP contribution in [0, 0.1) is 0 Å². The van der Waals surface area contributed by atoms with Crippen LogP contribution in [0.2, 0.25) is 5.15 Å². The highest BCUT2D eigenvalue weighted by molar-refractivity contribution is 6.32. The Kier molecular flexibility index (Phi) is 6.08. The molecule has 1 unspecified atom stereocenters. The molecule has 2 aromatic heterocycles. The smallest absolute Gasteiger partial charge is 0.355 e. The topological polar surface area (TPSA) is 110 Å². The maximum atomic E-state index is 12.2. The number of carboxylic acid groups (broad SMARTS) is 1. The standard InChI is InChI=1S/C22H21ClN6O2/c1-2-3-13-17-24-20(23)19(22(30)31)29(17)18(14-9-5-4-6-10-14)15-11-7-8-12-16(15)21-25-27-28-26-21/h4-12,18H,2-3,13H2,1H3,(H,30,31)(H,25,26,27,28). The summed E-state index contributed by atoms with van der Waals surface area (Å²) in [6, 6.07) is 16.8. The van der Waals surface area contributed by atoms with E-state index >= 15 is 0 Å². The summed E-state index contributed by atoms with van der Waals surface area (Å²) in [7, 11) is 0. The summed E-state index contributed by atoms with van der Waals surface area (Å²) < 4.78 is 1.73. The molecule has 2 aromatic carbocycles. The summed E-state index contributed by atoms with van der Waals surface area (Å²) in [4.78, 5) is 16.7. The molecule has 31 heavy (non-hydrogen) atoms. The Bertz CT molecular complexity index is 1170. The number of hydrogen-bond donors (Lipinski definition) is 2. The molecule has 0 spiro atoms. The molecule has 0 aliphatic heterocycles. The van der Waals surface area contributed by atoms with Gasteiger partial charge < -0.3 is 9.67 Å². The zero-order valence-electron chi connectivity index (χ0n) is 16.9. The van der Waals surface area contributed by atoms with Crippen molar-refractivity contribution in [1.82, 2.24) is 30.2 Å². The molecular formula is C22H21ClN6O2. The number of hydrogen-bond acceptors (Lipinski definition) is 5. The molecule has 0 aliphatic rings. The van der Waals surface area contributed by atoms with Crippen LogP contribution < -0.4 is 0 Å². The van der Waals surface area contributed by atoms with Crippen LogP contribution in [0.4, 0.5) is 0 Å². The fourth-order valence-electron chi connectivity index (χ4n) is 3.76. The van der Waals surface area contributed by atoms with E-state index in [4.69, 9.17) is 11.6 Å². The second-order valence-electron chi connectivity index (χ2n) is 7.10. The molecule has 0 saturated heterocycles. The summed E-state index contributed by atoms with van der Waals surface area (Å²) in [5.74, 6) is -0.00156. The lowest BCUT2D eigenvalue weighted by molar-refractivity contribution is 0.0684. The van der Waals surface area contributed by atoms with Crippen LogP contribution in [-0.2, 0) is 6.42 Å². The summed E-state index contributed by atoms with van der Waals surface area (Å²) in [5, 5.41) is 24.2. The molecule has 0 aliphatic carbocycles. The number of halogens is 1. The average molecular weight is 437 g/mol. The van der Waals surface area contributed by atoms with Crippen LogP contribution >= 0.6 is 11.6 Å². The monoisotopic (exact) mass is 436 g/mol. The van der Waals surface area contributed by atoms with E-state index in [2.05, 4.69) is 32.5 Å². The Hall–Kier alpha value is -3.52. The van der Waals surface area contributed by atoms with E-state index in [1.54, 1.807) is 4.57 Å². The van der Waals surface area contributed by atoms with Crippen molar-refractivity contribution >= 4 is 17.6 Å². The van der Waals surface area contributed by atoms with Crippen LogP contribution in [0.5, 0.6) is 0 Å². The Morgan fingerprint density at radius 2 is 1.90 bits per heavy atom. The molecule has 8 nitrogen and oxygen atoms in total. The Balaban J connectivity index is 2.01. The molecule has 4 rings (SSSR count). The highest BCUT2D eigenvalue weighted by atomic mass is 35.5. The minimum atomic E-state index is -1.13. The number of H-pyrrole nitrogens is 1. The molecule has 0 amide bonds. The quantitative estimate of drug-likeness (QED) is 0.423. The van der Waals surface area contributed by atoms with E-state index in [0.29, 0.717) is 18.1 Å². The zero-order chi connectivity index (χ0) is 21.8. The van der Waals surface area contributed by atoms with Gasteiger partial charge in [-0.3, -0.25) is 0 Å². The van der Waals surface area contributed by atoms with Crippen molar-refractivity contribution < 1.29 is 9.90 Å². The number of aromatic amines is 1. The van der Waals surface area contributed by atoms with Crippen molar-refractivity contribution in [3.8, 4) is 11.4 Å². The molecule has 0 fully saturated rings. The number of aromatic nitrogens is 6. The summed E-state index contributed by atoms with van der Waals surface area (Å²) in [5.41, 5.74) is 2.47. The molecule has 0 saturated carbocycles. The number of imidazole rings is 1. The molecule has 2 N–H and O–H groups in total. The van der Waals surface area contributed by atoms with Crippen LogP contribution in [-0.4, -0.2) is 41.3 Å². The first-order chi connectivity index (χ1) is 15.1. The molecule has 2 heterocycles. The number of benzene rings is 2. The first kappa shape index (κ1) is 20.7. The Morgan fingerprint density at radius 1 is 1.16 bits per heavy atom. The van der Waals surface area contributed by atoms with Gasteiger partial charge in [-0.25, -0.2) is 14.9 Å². The second kappa shape index (κ2) is 9.09. The lowest BCUT2D eigenvalue weighted by Crippen LogP contribution is -2.21. The maximum absolute atomic E-state index is 12.2. The number of rotatable bonds is 8. The van der Waals surface area contributed by atoms with E-state index in [-0.39, 0.29) is 10.8 Å².